The largest absolute Gasteiger partial charge is 0.314 e. The third kappa shape index (κ3) is 4.82. The van der Waals surface area contributed by atoms with Gasteiger partial charge in [0.25, 0.3) is 0 Å². The van der Waals surface area contributed by atoms with Crippen molar-refractivity contribution in [1.29, 1.82) is 0 Å². The van der Waals surface area contributed by atoms with E-state index in [1.165, 1.54) is 0 Å². The molecule has 20 heavy (non-hydrogen) atoms. The topological polar surface area (TPSA) is 74.3 Å². The van der Waals surface area contributed by atoms with Crippen LogP contribution in [-0.4, -0.2) is 56.8 Å². The predicted molar refractivity (Wildman–Crippen MR) is 78.9 cm³/mol. The van der Waals surface area contributed by atoms with Crippen molar-refractivity contribution >= 4 is 10.0 Å². The van der Waals surface area contributed by atoms with Crippen molar-refractivity contribution in [2.45, 2.75) is 13.0 Å². The standard InChI is InChI=1S/C13H22N4O2S/c1-12(13-3-2-4-15-11-13)16-20(18,19)10-9-17-7-5-14-6-8-17/h2-4,11-12,14,16H,5-10H2,1H3. The van der Waals surface area contributed by atoms with Gasteiger partial charge in [0.15, 0.2) is 0 Å². The second-order valence-corrected chi connectivity index (χ2v) is 6.91. The molecule has 0 spiro atoms. The van der Waals surface area contributed by atoms with Crippen molar-refractivity contribution in [2.75, 3.05) is 38.5 Å². The lowest BCUT2D eigenvalue weighted by molar-refractivity contribution is 0.253. The van der Waals surface area contributed by atoms with E-state index in [0.717, 1.165) is 31.7 Å². The molecule has 1 aliphatic rings. The summed E-state index contributed by atoms with van der Waals surface area (Å²) in [5, 5.41) is 3.25. The Labute approximate surface area is 120 Å². The van der Waals surface area contributed by atoms with E-state index in [1.807, 2.05) is 13.0 Å². The highest BCUT2D eigenvalue weighted by Crippen LogP contribution is 2.11. The third-order valence-electron chi connectivity index (χ3n) is 3.43. The Morgan fingerprint density at radius 3 is 2.85 bits per heavy atom. The number of pyridine rings is 1. The Kier molecular flexibility index (Phi) is 5.47. The molecule has 2 N–H and O–H groups in total. The molecule has 0 aliphatic carbocycles. The van der Waals surface area contributed by atoms with E-state index in [1.54, 1.807) is 18.5 Å². The molecule has 1 aromatic rings. The summed E-state index contributed by atoms with van der Waals surface area (Å²) in [7, 11) is -3.27. The zero-order valence-corrected chi connectivity index (χ0v) is 12.6. The molecule has 2 rings (SSSR count). The molecule has 1 saturated heterocycles. The molecule has 0 bridgehead atoms. The molecule has 7 heteroatoms. The van der Waals surface area contributed by atoms with E-state index in [4.69, 9.17) is 0 Å². The highest BCUT2D eigenvalue weighted by Gasteiger charge is 2.18. The zero-order valence-electron chi connectivity index (χ0n) is 11.7. The lowest BCUT2D eigenvalue weighted by atomic mass is 10.2. The van der Waals surface area contributed by atoms with E-state index < -0.39 is 10.0 Å². The maximum atomic E-state index is 12.1. The fourth-order valence-electron chi connectivity index (χ4n) is 2.21. The van der Waals surface area contributed by atoms with Crippen LogP contribution in [0.4, 0.5) is 0 Å². The summed E-state index contributed by atoms with van der Waals surface area (Å²) in [5.74, 6) is 0.137. The van der Waals surface area contributed by atoms with Gasteiger partial charge < -0.3 is 5.32 Å². The summed E-state index contributed by atoms with van der Waals surface area (Å²) in [6.45, 7) is 6.09. The SMILES string of the molecule is CC(NS(=O)(=O)CCN1CCNCC1)c1cccnc1. The maximum Gasteiger partial charge on any atom is 0.213 e. The molecule has 6 nitrogen and oxygen atoms in total. The number of piperazine rings is 1. The molecule has 1 fully saturated rings. The number of hydrogen-bond acceptors (Lipinski definition) is 5. The number of rotatable bonds is 6. The number of hydrogen-bond donors (Lipinski definition) is 2. The number of nitrogens with one attached hydrogen (secondary N) is 2. The molecular formula is C13H22N4O2S. The minimum Gasteiger partial charge on any atom is -0.314 e. The molecule has 1 unspecified atom stereocenters. The Bertz CT molecular complexity index is 500. The average Bonchev–Trinajstić information content (AvgIpc) is 2.47. The van der Waals surface area contributed by atoms with Crippen molar-refractivity contribution in [3.05, 3.63) is 30.1 Å². The van der Waals surface area contributed by atoms with Crippen molar-refractivity contribution in [3.63, 3.8) is 0 Å². The molecule has 0 amide bonds. The Hall–Kier alpha value is -1.02. The van der Waals surface area contributed by atoms with E-state index in [9.17, 15) is 8.42 Å². The smallest absolute Gasteiger partial charge is 0.213 e. The van der Waals surface area contributed by atoms with E-state index in [-0.39, 0.29) is 11.8 Å². The van der Waals surface area contributed by atoms with E-state index >= 15 is 0 Å². The quantitative estimate of drug-likeness (QED) is 0.771. The fraction of sp³-hybridized carbons (Fsp3) is 0.615. The van der Waals surface area contributed by atoms with Gasteiger partial charge in [0.1, 0.15) is 0 Å². The fourth-order valence-corrected chi connectivity index (χ4v) is 3.50. The molecule has 1 atom stereocenters. The van der Waals surface area contributed by atoms with Crippen LogP contribution in [0.5, 0.6) is 0 Å². The van der Waals surface area contributed by atoms with Gasteiger partial charge in [0.2, 0.25) is 10.0 Å². The summed E-state index contributed by atoms with van der Waals surface area (Å²) in [6, 6.07) is 3.42. The van der Waals surface area contributed by atoms with Gasteiger partial charge in [-0.05, 0) is 18.6 Å². The highest BCUT2D eigenvalue weighted by molar-refractivity contribution is 7.89. The van der Waals surface area contributed by atoms with Gasteiger partial charge in [-0.15, -0.1) is 0 Å². The summed E-state index contributed by atoms with van der Waals surface area (Å²) in [6.07, 6.45) is 3.36. The van der Waals surface area contributed by atoms with Crippen molar-refractivity contribution in [3.8, 4) is 0 Å². The Morgan fingerprint density at radius 2 is 2.20 bits per heavy atom. The van der Waals surface area contributed by atoms with Crippen LogP contribution in [0.3, 0.4) is 0 Å². The van der Waals surface area contributed by atoms with Crippen molar-refractivity contribution in [2.24, 2.45) is 0 Å². The second-order valence-electron chi connectivity index (χ2n) is 5.04. The first-order chi connectivity index (χ1) is 9.57. The van der Waals surface area contributed by atoms with Crippen LogP contribution in [0.1, 0.15) is 18.5 Å². The van der Waals surface area contributed by atoms with Gasteiger partial charge in [-0.2, -0.15) is 0 Å². The van der Waals surface area contributed by atoms with Gasteiger partial charge in [-0.25, -0.2) is 13.1 Å². The van der Waals surface area contributed by atoms with Gasteiger partial charge in [-0.1, -0.05) is 6.07 Å². The summed E-state index contributed by atoms with van der Waals surface area (Å²) in [4.78, 5) is 6.18. The predicted octanol–water partition coefficient (Wildman–Crippen LogP) is -0.0328. The van der Waals surface area contributed by atoms with Crippen LogP contribution >= 0.6 is 0 Å². The normalized spacial score (nSPS) is 18.9. The Morgan fingerprint density at radius 1 is 1.45 bits per heavy atom. The first kappa shape index (κ1) is 15.4. The molecule has 0 saturated carbocycles. The maximum absolute atomic E-state index is 12.1. The summed E-state index contributed by atoms with van der Waals surface area (Å²) in [5.41, 5.74) is 0.873. The molecule has 0 radical (unpaired) electrons. The van der Waals surface area contributed by atoms with Crippen molar-refractivity contribution in [1.82, 2.24) is 19.9 Å². The van der Waals surface area contributed by atoms with Crippen LogP contribution in [0, 0.1) is 0 Å². The van der Waals surface area contributed by atoms with Crippen LogP contribution in [0.2, 0.25) is 0 Å². The van der Waals surface area contributed by atoms with Crippen molar-refractivity contribution < 1.29 is 8.42 Å². The summed E-state index contributed by atoms with van der Waals surface area (Å²) < 4.78 is 26.9. The van der Waals surface area contributed by atoms with Crippen LogP contribution in [-0.2, 0) is 10.0 Å². The van der Waals surface area contributed by atoms with Gasteiger partial charge in [0.05, 0.1) is 5.75 Å². The minimum atomic E-state index is -3.27. The number of nitrogens with zero attached hydrogens (tertiary/aromatic N) is 2. The van der Waals surface area contributed by atoms with Crippen LogP contribution < -0.4 is 10.0 Å². The lowest BCUT2D eigenvalue weighted by Crippen LogP contribution is -2.46. The number of sulfonamides is 1. The number of aromatic nitrogens is 1. The highest BCUT2D eigenvalue weighted by atomic mass is 32.2. The first-order valence-corrected chi connectivity index (χ1v) is 8.55. The minimum absolute atomic E-state index is 0.137. The third-order valence-corrected chi connectivity index (χ3v) is 4.86. The first-order valence-electron chi connectivity index (χ1n) is 6.90. The molecule has 1 aromatic heterocycles. The van der Waals surface area contributed by atoms with E-state index in [2.05, 4.69) is 19.9 Å². The average molecular weight is 298 g/mol. The van der Waals surface area contributed by atoms with Crippen LogP contribution in [0.25, 0.3) is 0 Å². The molecule has 112 valence electrons. The Balaban J connectivity index is 1.84. The molecule has 0 aromatic carbocycles. The molecular weight excluding hydrogens is 276 g/mol. The molecule has 1 aliphatic heterocycles. The lowest BCUT2D eigenvalue weighted by Gasteiger charge is -2.27. The zero-order chi connectivity index (χ0) is 14.4. The second kappa shape index (κ2) is 7.12. The van der Waals surface area contributed by atoms with E-state index in [0.29, 0.717) is 6.54 Å². The monoisotopic (exact) mass is 298 g/mol. The van der Waals surface area contributed by atoms with Gasteiger partial charge >= 0.3 is 0 Å². The van der Waals surface area contributed by atoms with Gasteiger partial charge in [-0.3, -0.25) is 9.88 Å². The van der Waals surface area contributed by atoms with Crippen LogP contribution in [0.15, 0.2) is 24.5 Å². The van der Waals surface area contributed by atoms with Gasteiger partial charge in [0, 0.05) is 51.2 Å². The summed E-state index contributed by atoms with van der Waals surface area (Å²) >= 11 is 0. The molecule has 2 heterocycles.